The predicted octanol–water partition coefficient (Wildman–Crippen LogP) is 3.03. The Morgan fingerprint density at radius 2 is 1.89 bits per heavy atom. The average molecular weight is 501 g/mol. The van der Waals surface area contributed by atoms with E-state index >= 15 is 0 Å². The molecule has 2 atom stereocenters. The number of fused-ring (bicyclic) bond motifs is 1. The number of amides is 1. The summed E-state index contributed by atoms with van der Waals surface area (Å²) in [4.78, 5) is 19.5. The number of anilines is 1. The fourth-order valence-electron chi connectivity index (χ4n) is 5.36. The van der Waals surface area contributed by atoms with Crippen LogP contribution in [0.4, 0.5) is 5.69 Å². The van der Waals surface area contributed by atoms with Gasteiger partial charge in [0.2, 0.25) is 5.91 Å². The van der Waals surface area contributed by atoms with Crippen molar-refractivity contribution in [3.8, 4) is 6.07 Å². The first-order chi connectivity index (χ1) is 18.0. The Hall–Kier alpha value is -3.41. The topological polar surface area (TPSA) is 75.4 Å². The summed E-state index contributed by atoms with van der Waals surface area (Å²) < 4.78 is 6.09. The number of hydrogen-bond donors (Lipinski definition) is 0. The lowest BCUT2D eigenvalue weighted by Gasteiger charge is -2.37. The van der Waals surface area contributed by atoms with Gasteiger partial charge in [-0.3, -0.25) is 14.7 Å². The van der Waals surface area contributed by atoms with Crippen LogP contribution >= 0.6 is 0 Å². The number of benzene rings is 2. The minimum atomic E-state index is -0.0179. The van der Waals surface area contributed by atoms with Gasteiger partial charge in [0.05, 0.1) is 30.8 Å². The van der Waals surface area contributed by atoms with Crippen LogP contribution in [0.5, 0.6) is 0 Å². The van der Waals surface area contributed by atoms with Crippen LogP contribution in [-0.4, -0.2) is 86.0 Å². The molecule has 5 rings (SSSR count). The lowest BCUT2D eigenvalue weighted by molar-refractivity contribution is -0.132. The van der Waals surface area contributed by atoms with E-state index in [4.69, 9.17) is 4.74 Å². The molecule has 0 saturated carbocycles. The van der Waals surface area contributed by atoms with Crippen molar-refractivity contribution in [2.24, 2.45) is 5.10 Å². The number of carbonyl (C=O) groups excluding carboxylic acids is 1. The van der Waals surface area contributed by atoms with Crippen molar-refractivity contribution in [3.63, 3.8) is 0 Å². The van der Waals surface area contributed by atoms with E-state index in [-0.39, 0.29) is 12.0 Å². The maximum absolute atomic E-state index is 13.0. The number of carbonyl (C=O) groups is 1. The van der Waals surface area contributed by atoms with E-state index in [0.29, 0.717) is 19.1 Å². The van der Waals surface area contributed by atoms with Crippen molar-refractivity contribution in [2.75, 3.05) is 57.8 Å². The van der Waals surface area contributed by atoms with Crippen molar-refractivity contribution >= 4 is 17.9 Å². The molecule has 194 valence electrons. The Morgan fingerprint density at radius 1 is 1.11 bits per heavy atom. The highest BCUT2D eigenvalue weighted by molar-refractivity contribution is 5.81. The van der Waals surface area contributed by atoms with E-state index in [9.17, 15) is 10.1 Å². The molecule has 1 fully saturated rings. The van der Waals surface area contributed by atoms with Gasteiger partial charge in [-0.1, -0.05) is 24.3 Å². The van der Waals surface area contributed by atoms with Crippen molar-refractivity contribution in [1.29, 1.82) is 5.26 Å². The number of hydrogen-bond acceptors (Lipinski definition) is 7. The summed E-state index contributed by atoms with van der Waals surface area (Å²) in [5.74, 6) is 0.178. The molecule has 2 unspecified atom stereocenters. The van der Waals surface area contributed by atoms with E-state index in [2.05, 4.69) is 58.2 Å². The van der Waals surface area contributed by atoms with Gasteiger partial charge in [0.1, 0.15) is 6.34 Å². The second-order valence-electron chi connectivity index (χ2n) is 10.3. The van der Waals surface area contributed by atoms with Crippen molar-refractivity contribution in [3.05, 3.63) is 64.7 Å². The molecule has 1 saturated heterocycles. The number of nitrogens with zero attached hydrogens (tertiary/aromatic N) is 6. The summed E-state index contributed by atoms with van der Waals surface area (Å²) in [6.45, 7) is 7.67. The van der Waals surface area contributed by atoms with Crippen LogP contribution in [0.15, 0.2) is 47.6 Å². The van der Waals surface area contributed by atoms with E-state index in [0.717, 1.165) is 80.1 Å². The standard InChI is InChI=1S/C29H36N6O2/c1-22-10-12-35(21-31-32(22)2)25-8-6-23(7-9-25)18-29(36)34-15-13-33(14-16-34)20-28-27-5-3-4-24(19-30)26(27)11-17-37-28/h3-9,21-22,28H,10-18,20H2,1-2H3. The highest BCUT2D eigenvalue weighted by atomic mass is 16.5. The Kier molecular flexibility index (Phi) is 7.73. The lowest BCUT2D eigenvalue weighted by atomic mass is 9.93. The van der Waals surface area contributed by atoms with Crippen LogP contribution in [0, 0.1) is 11.3 Å². The first-order valence-corrected chi connectivity index (χ1v) is 13.3. The fraction of sp³-hybridized carbons (Fsp3) is 0.483. The third kappa shape index (κ3) is 5.79. The van der Waals surface area contributed by atoms with Crippen molar-refractivity contribution in [1.82, 2.24) is 14.8 Å². The van der Waals surface area contributed by atoms with Gasteiger partial charge in [-0.2, -0.15) is 10.4 Å². The van der Waals surface area contributed by atoms with Crippen LogP contribution in [0.25, 0.3) is 0 Å². The zero-order valence-electron chi connectivity index (χ0n) is 21.8. The molecule has 3 aliphatic rings. The Labute approximate surface area is 219 Å². The first kappa shape index (κ1) is 25.2. The second kappa shape index (κ2) is 11.3. The maximum atomic E-state index is 13.0. The van der Waals surface area contributed by atoms with Gasteiger partial charge >= 0.3 is 0 Å². The molecule has 0 spiro atoms. The van der Waals surface area contributed by atoms with Gasteiger partial charge in [0.15, 0.2) is 0 Å². The fourth-order valence-corrected chi connectivity index (χ4v) is 5.36. The molecule has 3 aliphatic heterocycles. The molecule has 0 bridgehead atoms. The molecule has 0 radical (unpaired) electrons. The van der Waals surface area contributed by atoms with Gasteiger partial charge in [0, 0.05) is 58.0 Å². The summed E-state index contributed by atoms with van der Waals surface area (Å²) >= 11 is 0. The normalized spacial score (nSPS) is 22.4. The largest absolute Gasteiger partial charge is 0.372 e. The van der Waals surface area contributed by atoms with E-state index in [1.807, 2.05) is 35.4 Å². The van der Waals surface area contributed by atoms with E-state index in [1.54, 1.807) is 0 Å². The van der Waals surface area contributed by atoms with E-state index < -0.39 is 0 Å². The summed E-state index contributed by atoms with van der Waals surface area (Å²) in [5.41, 5.74) is 5.17. The van der Waals surface area contributed by atoms with Crippen LogP contribution in [0.1, 0.15) is 41.7 Å². The lowest BCUT2D eigenvalue weighted by Crippen LogP contribution is -2.50. The number of rotatable bonds is 5. The van der Waals surface area contributed by atoms with Crippen LogP contribution in [0.2, 0.25) is 0 Å². The van der Waals surface area contributed by atoms with Crippen LogP contribution < -0.4 is 4.90 Å². The highest BCUT2D eigenvalue weighted by Crippen LogP contribution is 2.30. The second-order valence-corrected chi connectivity index (χ2v) is 10.3. The molecule has 2 aromatic carbocycles. The summed E-state index contributed by atoms with van der Waals surface area (Å²) in [6, 6.07) is 16.9. The Morgan fingerprint density at radius 3 is 2.65 bits per heavy atom. The summed E-state index contributed by atoms with van der Waals surface area (Å²) in [7, 11) is 2.01. The number of hydrazone groups is 1. The van der Waals surface area contributed by atoms with Gasteiger partial charge < -0.3 is 14.5 Å². The summed E-state index contributed by atoms with van der Waals surface area (Å²) in [6.07, 6.45) is 4.13. The maximum Gasteiger partial charge on any atom is 0.227 e. The molecule has 3 heterocycles. The van der Waals surface area contributed by atoms with E-state index in [1.165, 1.54) is 0 Å². The molecule has 0 aliphatic carbocycles. The molecule has 1 amide bonds. The molecule has 2 aromatic rings. The minimum absolute atomic E-state index is 0.0179. The molecular formula is C29H36N6O2. The van der Waals surface area contributed by atoms with Gasteiger partial charge in [0.25, 0.3) is 0 Å². The number of piperazine rings is 1. The Balaban J connectivity index is 1.12. The first-order valence-electron chi connectivity index (χ1n) is 13.3. The third-order valence-electron chi connectivity index (χ3n) is 7.92. The monoisotopic (exact) mass is 500 g/mol. The molecule has 0 aromatic heterocycles. The molecule has 37 heavy (non-hydrogen) atoms. The Bertz CT molecular complexity index is 1170. The quantitative estimate of drug-likeness (QED) is 0.628. The van der Waals surface area contributed by atoms with Crippen molar-refractivity contribution in [2.45, 2.75) is 38.3 Å². The predicted molar refractivity (Wildman–Crippen MR) is 144 cm³/mol. The van der Waals surface area contributed by atoms with Crippen LogP contribution in [0.3, 0.4) is 0 Å². The summed E-state index contributed by atoms with van der Waals surface area (Å²) in [5, 5.41) is 15.9. The zero-order valence-corrected chi connectivity index (χ0v) is 21.8. The zero-order chi connectivity index (χ0) is 25.8. The third-order valence-corrected chi connectivity index (χ3v) is 7.92. The van der Waals surface area contributed by atoms with Gasteiger partial charge in [-0.25, -0.2) is 0 Å². The smallest absolute Gasteiger partial charge is 0.227 e. The highest BCUT2D eigenvalue weighted by Gasteiger charge is 2.28. The van der Waals surface area contributed by atoms with Crippen molar-refractivity contribution < 1.29 is 9.53 Å². The minimum Gasteiger partial charge on any atom is -0.372 e. The van der Waals surface area contributed by atoms with Gasteiger partial charge in [-0.05, 0) is 54.7 Å². The average Bonchev–Trinajstić information content (AvgIpc) is 3.10. The van der Waals surface area contributed by atoms with Crippen LogP contribution in [-0.2, 0) is 22.4 Å². The number of nitriles is 1. The number of ether oxygens (including phenoxy) is 1. The SMILES string of the molecule is CC1CCN(c2ccc(CC(=O)N3CCN(CC4OCCc5c(C#N)cccc54)CC3)cc2)C=NN1C. The van der Waals surface area contributed by atoms with Gasteiger partial charge in [-0.15, -0.1) is 0 Å². The molecule has 8 nitrogen and oxygen atoms in total. The molecule has 8 heteroatoms. The molecular weight excluding hydrogens is 464 g/mol. The molecule has 0 N–H and O–H groups in total.